The zero-order valence-electron chi connectivity index (χ0n) is 18.8. The first-order chi connectivity index (χ1) is 15.3. The summed E-state index contributed by atoms with van der Waals surface area (Å²) in [5.74, 6) is 0.974. The monoisotopic (exact) mass is 429 g/mol. The van der Waals surface area contributed by atoms with Gasteiger partial charge in [0.15, 0.2) is 5.96 Å². The first-order valence-corrected chi connectivity index (χ1v) is 11.2. The van der Waals surface area contributed by atoms with Crippen LogP contribution < -0.4 is 5.32 Å². The average Bonchev–Trinajstić information content (AvgIpc) is 3.30. The predicted molar refractivity (Wildman–Crippen MR) is 121 cm³/mol. The largest absolute Gasteiger partial charge is 0.379 e. The van der Waals surface area contributed by atoms with Gasteiger partial charge in [0.25, 0.3) is 0 Å². The van der Waals surface area contributed by atoms with Crippen LogP contribution in [0.4, 0.5) is 0 Å². The highest BCUT2D eigenvalue weighted by Crippen LogP contribution is 2.10. The number of nitrogens with one attached hydrogen (secondary N) is 1. The maximum absolute atomic E-state index is 5.69. The molecule has 3 rings (SSSR count). The Morgan fingerprint density at radius 2 is 1.90 bits per heavy atom. The van der Waals surface area contributed by atoms with E-state index in [0.717, 1.165) is 63.1 Å². The summed E-state index contributed by atoms with van der Waals surface area (Å²) in [5.41, 5.74) is 3.33. The minimum Gasteiger partial charge on any atom is -0.379 e. The van der Waals surface area contributed by atoms with Gasteiger partial charge in [0.05, 0.1) is 32.1 Å². The number of aliphatic imine (C=N–C) groups is 1. The second kappa shape index (κ2) is 13.1. The van der Waals surface area contributed by atoms with Crippen LogP contribution in [0, 0.1) is 0 Å². The zero-order valence-corrected chi connectivity index (χ0v) is 18.8. The van der Waals surface area contributed by atoms with Crippen molar-refractivity contribution in [2.24, 2.45) is 4.99 Å². The van der Waals surface area contributed by atoms with Gasteiger partial charge in [-0.1, -0.05) is 29.4 Å². The maximum Gasteiger partial charge on any atom is 0.194 e. The lowest BCUT2D eigenvalue weighted by Crippen LogP contribution is -2.52. The Morgan fingerprint density at radius 3 is 2.65 bits per heavy atom. The number of piperazine rings is 1. The quantitative estimate of drug-likeness (QED) is 0.334. The van der Waals surface area contributed by atoms with Crippen LogP contribution in [0.25, 0.3) is 0 Å². The van der Waals surface area contributed by atoms with Gasteiger partial charge in [0.1, 0.15) is 6.26 Å². The predicted octanol–water partition coefficient (Wildman–Crippen LogP) is 2.51. The Kier molecular flexibility index (Phi) is 9.82. The molecule has 8 heteroatoms. The van der Waals surface area contributed by atoms with Crippen molar-refractivity contribution in [3.8, 4) is 0 Å². The fourth-order valence-corrected chi connectivity index (χ4v) is 3.53. The van der Waals surface area contributed by atoms with Gasteiger partial charge in [-0.15, -0.1) is 0 Å². The van der Waals surface area contributed by atoms with Crippen LogP contribution in [-0.2, 0) is 29.2 Å². The second-order valence-corrected chi connectivity index (χ2v) is 7.49. The lowest BCUT2D eigenvalue weighted by Gasteiger charge is -2.36. The molecule has 0 unspecified atom stereocenters. The molecular formula is C23H35N5O3. The van der Waals surface area contributed by atoms with Gasteiger partial charge in [0, 0.05) is 51.9 Å². The van der Waals surface area contributed by atoms with E-state index in [1.54, 1.807) is 6.26 Å². The van der Waals surface area contributed by atoms with E-state index in [2.05, 4.69) is 51.5 Å². The Balaban J connectivity index is 1.49. The normalized spacial score (nSPS) is 15.4. The number of guanidine groups is 1. The Labute approximate surface area is 185 Å². The van der Waals surface area contributed by atoms with Gasteiger partial charge in [0.2, 0.25) is 0 Å². The summed E-state index contributed by atoms with van der Waals surface area (Å²) < 4.78 is 15.9. The highest BCUT2D eigenvalue weighted by molar-refractivity contribution is 5.80. The number of aromatic nitrogens is 1. The Morgan fingerprint density at radius 1 is 1.10 bits per heavy atom. The molecular weight excluding hydrogens is 394 g/mol. The van der Waals surface area contributed by atoms with Crippen LogP contribution in [0.1, 0.15) is 30.7 Å². The molecule has 2 aromatic rings. The van der Waals surface area contributed by atoms with Gasteiger partial charge in [-0.25, -0.2) is 4.99 Å². The van der Waals surface area contributed by atoms with Crippen LogP contribution in [0.5, 0.6) is 0 Å². The van der Waals surface area contributed by atoms with E-state index in [9.17, 15) is 0 Å². The van der Waals surface area contributed by atoms with Crippen molar-refractivity contribution in [1.82, 2.24) is 20.3 Å². The van der Waals surface area contributed by atoms with E-state index >= 15 is 0 Å². The molecule has 0 amide bonds. The third kappa shape index (κ3) is 7.97. The third-order valence-corrected chi connectivity index (χ3v) is 5.13. The van der Waals surface area contributed by atoms with Crippen molar-refractivity contribution in [3.63, 3.8) is 0 Å². The van der Waals surface area contributed by atoms with Crippen LogP contribution >= 0.6 is 0 Å². The second-order valence-electron chi connectivity index (χ2n) is 7.49. The van der Waals surface area contributed by atoms with E-state index in [0.29, 0.717) is 26.4 Å². The van der Waals surface area contributed by atoms with Crippen LogP contribution in [0.15, 0.2) is 46.1 Å². The van der Waals surface area contributed by atoms with Gasteiger partial charge in [-0.3, -0.25) is 4.90 Å². The molecule has 0 radical (unpaired) electrons. The van der Waals surface area contributed by atoms with Gasteiger partial charge in [-0.2, -0.15) is 0 Å². The lowest BCUT2D eigenvalue weighted by atomic mass is 10.1. The van der Waals surface area contributed by atoms with Gasteiger partial charge < -0.3 is 24.2 Å². The number of hydrogen-bond acceptors (Lipinski definition) is 6. The molecule has 2 heterocycles. The van der Waals surface area contributed by atoms with Crippen molar-refractivity contribution >= 4 is 5.96 Å². The number of ether oxygens (including phenoxy) is 2. The van der Waals surface area contributed by atoms with E-state index in [1.165, 1.54) is 5.56 Å². The summed E-state index contributed by atoms with van der Waals surface area (Å²) in [6, 6.07) is 10.4. The van der Waals surface area contributed by atoms with E-state index < -0.39 is 0 Å². The summed E-state index contributed by atoms with van der Waals surface area (Å²) in [6.45, 7) is 12.8. The van der Waals surface area contributed by atoms with Gasteiger partial charge >= 0.3 is 0 Å². The van der Waals surface area contributed by atoms with Crippen molar-refractivity contribution < 1.29 is 14.0 Å². The molecule has 1 fully saturated rings. The third-order valence-electron chi connectivity index (χ3n) is 5.13. The summed E-state index contributed by atoms with van der Waals surface area (Å²) in [4.78, 5) is 9.63. The molecule has 0 spiro atoms. The molecule has 0 atom stereocenters. The molecule has 0 bridgehead atoms. The van der Waals surface area contributed by atoms with E-state index in [-0.39, 0.29) is 0 Å². The number of benzene rings is 1. The van der Waals surface area contributed by atoms with Crippen molar-refractivity contribution in [2.45, 2.75) is 33.5 Å². The highest BCUT2D eigenvalue weighted by atomic mass is 16.5. The maximum atomic E-state index is 5.69. The molecule has 0 aliphatic carbocycles. The molecule has 8 nitrogen and oxygen atoms in total. The Hall–Kier alpha value is -2.42. The average molecular weight is 430 g/mol. The van der Waals surface area contributed by atoms with Crippen LogP contribution in [-0.4, -0.2) is 73.5 Å². The van der Waals surface area contributed by atoms with Crippen molar-refractivity contribution in [2.75, 3.05) is 52.5 Å². The summed E-state index contributed by atoms with van der Waals surface area (Å²) in [6.07, 6.45) is 1.63. The SMILES string of the molecule is CCNC(=NCc1cccc(COCCOCC)c1)N1CCN(Cc2ccon2)CC1. The van der Waals surface area contributed by atoms with Gasteiger partial charge in [-0.05, 0) is 25.0 Å². The molecule has 1 N–H and O–H groups in total. The number of nitrogens with zero attached hydrogens (tertiary/aromatic N) is 4. The van der Waals surface area contributed by atoms with Crippen molar-refractivity contribution in [3.05, 3.63) is 53.4 Å². The van der Waals surface area contributed by atoms with Crippen molar-refractivity contribution in [1.29, 1.82) is 0 Å². The molecule has 1 aliphatic rings. The topological polar surface area (TPSA) is 75.4 Å². The summed E-state index contributed by atoms with van der Waals surface area (Å²) in [5, 5.41) is 7.46. The summed E-state index contributed by atoms with van der Waals surface area (Å²) >= 11 is 0. The summed E-state index contributed by atoms with van der Waals surface area (Å²) in [7, 11) is 0. The van der Waals surface area contributed by atoms with E-state index in [1.807, 2.05) is 13.0 Å². The minimum absolute atomic E-state index is 0.595. The fraction of sp³-hybridized carbons (Fsp3) is 0.565. The number of hydrogen-bond donors (Lipinski definition) is 1. The van der Waals surface area contributed by atoms with E-state index in [4.69, 9.17) is 19.0 Å². The van der Waals surface area contributed by atoms with Crippen LogP contribution in [0.2, 0.25) is 0 Å². The minimum atomic E-state index is 0.595. The molecule has 1 aromatic heterocycles. The molecule has 0 saturated carbocycles. The Bertz CT molecular complexity index is 773. The fourth-order valence-electron chi connectivity index (χ4n) is 3.53. The first-order valence-electron chi connectivity index (χ1n) is 11.2. The number of rotatable bonds is 11. The highest BCUT2D eigenvalue weighted by Gasteiger charge is 2.20. The molecule has 1 aliphatic heterocycles. The molecule has 1 saturated heterocycles. The van der Waals surface area contributed by atoms with Crippen LogP contribution in [0.3, 0.4) is 0 Å². The standard InChI is InChI=1S/C23H35N5O3/c1-3-24-23(28-11-9-27(10-12-28)18-22-8-13-31-26-22)25-17-20-6-5-7-21(16-20)19-30-15-14-29-4-2/h5-8,13,16H,3-4,9-12,14-15,17-19H2,1-2H3,(H,24,25). The molecule has 31 heavy (non-hydrogen) atoms. The first kappa shape index (κ1) is 23.2. The zero-order chi connectivity index (χ0) is 21.7. The lowest BCUT2D eigenvalue weighted by molar-refractivity contribution is 0.0453. The molecule has 170 valence electrons. The molecule has 1 aromatic carbocycles. The smallest absolute Gasteiger partial charge is 0.194 e.